The van der Waals surface area contributed by atoms with E-state index in [0.29, 0.717) is 36.1 Å². The third-order valence-corrected chi connectivity index (χ3v) is 4.60. The van der Waals surface area contributed by atoms with Crippen LogP contribution in [0.3, 0.4) is 0 Å². The summed E-state index contributed by atoms with van der Waals surface area (Å²) in [7, 11) is 4.87. The smallest absolute Gasteiger partial charge is 0.259 e. The summed E-state index contributed by atoms with van der Waals surface area (Å²) in [5.41, 5.74) is 3.68. The lowest BCUT2D eigenvalue weighted by Gasteiger charge is -2.17. The van der Waals surface area contributed by atoms with Gasteiger partial charge in [-0.1, -0.05) is 19.1 Å². The first-order valence-corrected chi connectivity index (χ1v) is 8.24. The van der Waals surface area contributed by atoms with Crippen LogP contribution in [-0.4, -0.2) is 33.8 Å². The molecule has 3 rings (SSSR count). The standard InChI is InChI=1S/C20H23NO4/c1-13(12-23-2)14-5-7-16(8-6-14)21-11-15-9-18(24-3)19(25-4)10-17(15)20(21)22/h5-10,13H,11-12H2,1-4H3. The molecule has 132 valence electrons. The van der Waals surface area contributed by atoms with Gasteiger partial charge in [0.25, 0.3) is 5.91 Å². The highest BCUT2D eigenvalue weighted by Crippen LogP contribution is 2.36. The van der Waals surface area contributed by atoms with Crippen LogP contribution in [0.25, 0.3) is 0 Å². The Bertz CT molecular complexity index is 770. The summed E-state index contributed by atoms with van der Waals surface area (Å²) in [6.07, 6.45) is 0. The van der Waals surface area contributed by atoms with Crippen LogP contribution >= 0.6 is 0 Å². The van der Waals surface area contributed by atoms with E-state index >= 15 is 0 Å². The number of carbonyl (C=O) groups excluding carboxylic acids is 1. The predicted molar refractivity (Wildman–Crippen MR) is 96.8 cm³/mol. The van der Waals surface area contributed by atoms with E-state index in [1.807, 2.05) is 18.2 Å². The summed E-state index contributed by atoms with van der Waals surface area (Å²) in [4.78, 5) is 14.6. The first-order chi connectivity index (χ1) is 12.1. The minimum absolute atomic E-state index is 0.0198. The van der Waals surface area contributed by atoms with Crippen LogP contribution in [0.4, 0.5) is 5.69 Å². The van der Waals surface area contributed by atoms with Gasteiger partial charge in [-0.15, -0.1) is 0 Å². The van der Waals surface area contributed by atoms with Gasteiger partial charge in [-0.25, -0.2) is 0 Å². The fraction of sp³-hybridized carbons (Fsp3) is 0.350. The summed E-state index contributed by atoms with van der Waals surface area (Å²) < 4.78 is 15.8. The normalized spacial score (nSPS) is 14.4. The number of rotatable bonds is 6. The highest BCUT2D eigenvalue weighted by molar-refractivity contribution is 6.10. The van der Waals surface area contributed by atoms with E-state index in [0.717, 1.165) is 11.3 Å². The molecule has 2 aromatic carbocycles. The number of benzene rings is 2. The zero-order valence-corrected chi connectivity index (χ0v) is 15.0. The van der Waals surface area contributed by atoms with Gasteiger partial charge in [0.05, 0.1) is 27.4 Å². The third-order valence-electron chi connectivity index (χ3n) is 4.60. The van der Waals surface area contributed by atoms with Gasteiger partial charge >= 0.3 is 0 Å². The molecule has 0 bridgehead atoms. The van der Waals surface area contributed by atoms with Crippen molar-refractivity contribution in [3.05, 3.63) is 53.1 Å². The summed E-state index contributed by atoms with van der Waals surface area (Å²) >= 11 is 0. The van der Waals surface area contributed by atoms with Crippen molar-refractivity contribution in [1.82, 2.24) is 0 Å². The quantitative estimate of drug-likeness (QED) is 0.805. The van der Waals surface area contributed by atoms with E-state index in [2.05, 4.69) is 19.1 Å². The van der Waals surface area contributed by atoms with Crippen molar-refractivity contribution in [1.29, 1.82) is 0 Å². The number of carbonyl (C=O) groups is 1. The molecule has 0 saturated heterocycles. The van der Waals surface area contributed by atoms with Gasteiger partial charge in [0.1, 0.15) is 0 Å². The van der Waals surface area contributed by atoms with Crippen LogP contribution in [-0.2, 0) is 11.3 Å². The average molecular weight is 341 g/mol. The van der Waals surface area contributed by atoms with E-state index < -0.39 is 0 Å². The molecule has 1 aliphatic rings. The number of methoxy groups -OCH3 is 3. The third kappa shape index (κ3) is 3.20. The van der Waals surface area contributed by atoms with Gasteiger partial charge < -0.3 is 19.1 Å². The van der Waals surface area contributed by atoms with Crippen molar-refractivity contribution < 1.29 is 19.0 Å². The van der Waals surface area contributed by atoms with Gasteiger partial charge in [-0.3, -0.25) is 4.79 Å². The summed E-state index contributed by atoms with van der Waals surface area (Å²) in [5.74, 6) is 1.51. The second kappa shape index (κ2) is 7.15. The Morgan fingerprint density at radius 3 is 2.28 bits per heavy atom. The number of nitrogens with zero attached hydrogens (tertiary/aromatic N) is 1. The van der Waals surface area contributed by atoms with Crippen molar-refractivity contribution in [2.75, 3.05) is 32.8 Å². The van der Waals surface area contributed by atoms with Crippen LogP contribution in [0.2, 0.25) is 0 Å². The van der Waals surface area contributed by atoms with Gasteiger partial charge in [0, 0.05) is 24.3 Å². The maximum absolute atomic E-state index is 12.8. The van der Waals surface area contributed by atoms with E-state index in [-0.39, 0.29) is 5.91 Å². The minimum atomic E-state index is -0.0198. The molecular formula is C20H23NO4. The second-order valence-electron chi connectivity index (χ2n) is 6.20. The number of amides is 1. The molecule has 0 fully saturated rings. The fourth-order valence-corrected chi connectivity index (χ4v) is 3.18. The maximum Gasteiger partial charge on any atom is 0.259 e. The molecule has 0 saturated carbocycles. The van der Waals surface area contributed by atoms with Gasteiger partial charge in [-0.2, -0.15) is 0 Å². The zero-order valence-electron chi connectivity index (χ0n) is 15.0. The molecule has 2 aromatic rings. The molecular weight excluding hydrogens is 318 g/mol. The van der Waals surface area contributed by atoms with Crippen molar-refractivity contribution in [2.45, 2.75) is 19.4 Å². The number of hydrogen-bond acceptors (Lipinski definition) is 4. The molecule has 1 heterocycles. The molecule has 0 aliphatic carbocycles. The Morgan fingerprint density at radius 1 is 1.04 bits per heavy atom. The Labute approximate surface area is 148 Å². The Kier molecular flexibility index (Phi) is 4.95. The summed E-state index contributed by atoms with van der Waals surface area (Å²) in [6, 6.07) is 11.7. The Hall–Kier alpha value is -2.53. The SMILES string of the molecule is COCC(C)c1ccc(N2Cc3cc(OC)c(OC)cc3C2=O)cc1. The zero-order chi connectivity index (χ0) is 18.0. The van der Waals surface area contributed by atoms with Crippen LogP contribution in [0.15, 0.2) is 36.4 Å². The molecule has 1 aliphatic heterocycles. The first-order valence-electron chi connectivity index (χ1n) is 8.24. The van der Waals surface area contributed by atoms with Gasteiger partial charge in [0.2, 0.25) is 0 Å². The topological polar surface area (TPSA) is 48.0 Å². The van der Waals surface area contributed by atoms with Crippen molar-refractivity contribution in [3.63, 3.8) is 0 Å². The van der Waals surface area contributed by atoms with E-state index in [1.165, 1.54) is 5.56 Å². The molecule has 0 radical (unpaired) electrons. The molecule has 5 nitrogen and oxygen atoms in total. The number of ether oxygens (including phenoxy) is 3. The Balaban J connectivity index is 1.86. The largest absolute Gasteiger partial charge is 0.493 e. The monoisotopic (exact) mass is 341 g/mol. The van der Waals surface area contributed by atoms with Gasteiger partial charge in [-0.05, 0) is 35.4 Å². The molecule has 5 heteroatoms. The lowest BCUT2D eigenvalue weighted by molar-refractivity contribution is 0.0996. The lowest BCUT2D eigenvalue weighted by atomic mass is 10.0. The minimum Gasteiger partial charge on any atom is -0.493 e. The fourth-order valence-electron chi connectivity index (χ4n) is 3.18. The molecule has 1 unspecified atom stereocenters. The van der Waals surface area contributed by atoms with Crippen molar-refractivity contribution in [2.24, 2.45) is 0 Å². The highest BCUT2D eigenvalue weighted by atomic mass is 16.5. The number of hydrogen-bond donors (Lipinski definition) is 0. The highest BCUT2D eigenvalue weighted by Gasteiger charge is 2.30. The molecule has 0 aromatic heterocycles. The van der Waals surface area contributed by atoms with Crippen molar-refractivity contribution >= 4 is 11.6 Å². The number of anilines is 1. The molecule has 0 N–H and O–H groups in total. The van der Waals surface area contributed by atoms with E-state index in [4.69, 9.17) is 14.2 Å². The van der Waals surface area contributed by atoms with Crippen LogP contribution in [0.5, 0.6) is 11.5 Å². The summed E-state index contributed by atoms with van der Waals surface area (Å²) in [6.45, 7) is 3.32. The van der Waals surface area contributed by atoms with Crippen molar-refractivity contribution in [3.8, 4) is 11.5 Å². The van der Waals surface area contributed by atoms with E-state index in [9.17, 15) is 4.79 Å². The maximum atomic E-state index is 12.8. The molecule has 1 amide bonds. The van der Waals surface area contributed by atoms with Crippen LogP contribution in [0, 0.1) is 0 Å². The van der Waals surface area contributed by atoms with Crippen LogP contribution < -0.4 is 14.4 Å². The molecule has 0 spiro atoms. The lowest BCUT2D eigenvalue weighted by Crippen LogP contribution is -2.22. The number of fused-ring (bicyclic) bond motifs is 1. The molecule has 25 heavy (non-hydrogen) atoms. The predicted octanol–water partition coefficient (Wildman–Crippen LogP) is 3.61. The van der Waals surface area contributed by atoms with Gasteiger partial charge in [0.15, 0.2) is 11.5 Å². The second-order valence-corrected chi connectivity index (χ2v) is 6.20. The Morgan fingerprint density at radius 2 is 1.68 bits per heavy atom. The average Bonchev–Trinajstić information content (AvgIpc) is 2.96. The first kappa shape index (κ1) is 17.3. The summed E-state index contributed by atoms with van der Waals surface area (Å²) in [5, 5.41) is 0. The van der Waals surface area contributed by atoms with E-state index in [1.54, 1.807) is 32.3 Å². The molecule has 1 atom stereocenters. The van der Waals surface area contributed by atoms with Crippen LogP contribution in [0.1, 0.15) is 34.3 Å².